The minimum Gasteiger partial charge on any atom is -0.494 e. The summed E-state index contributed by atoms with van der Waals surface area (Å²) in [5.41, 5.74) is 0.873. The molecule has 0 bridgehead atoms. The SMILES string of the molecule is CCOc1ccc(N(CC(=O)N(Cc2ccc(F)cc2)[C@H](CC)C(=O)NCC(C)C)S(=O)(=O)c2ccc(SC)cc2)cc1. The molecular weight excluding hydrogens is 590 g/mol. The van der Waals surface area contributed by atoms with Crippen molar-refractivity contribution in [3.05, 3.63) is 84.2 Å². The highest BCUT2D eigenvalue weighted by Gasteiger charge is 2.33. The summed E-state index contributed by atoms with van der Waals surface area (Å²) in [6.07, 6.45) is 2.19. The Labute approximate surface area is 258 Å². The Morgan fingerprint density at radius 2 is 1.58 bits per heavy atom. The molecular formula is C32H40FN3O5S2. The number of carbonyl (C=O) groups excluding carboxylic acids is 2. The second-order valence-electron chi connectivity index (χ2n) is 10.3. The molecule has 0 spiro atoms. The first-order valence-corrected chi connectivity index (χ1v) is 16.9. The van der Waals surface area contributed by atoms with Crippen LogP contribution in [0.1, 0.15) is 39.7 Å². The van der Waals surface area contributed by atoms with Gasteiger partial charge in [0.1, 0.15) is 24.2 Å². The van der Waals surface area contributed by atoms with E-state index < -0.39 is 34.3 Å². The first kappa shape index (κ1) is 33.9. The molecule has 0 aromatic heterocycles. The van der Waals surface area contributed by atoms with Crippen LogP contribution in [0.15, 0.2) is 82.6 Å². The maximum Gasteiger partial charge on any atom is 0.264 e. The lowest BCUT2D eigenvalue weighted by atomic mass is 10.1. The van der Waals surface area contributed by atoms with Gasteiger partial charge in [-0.25, -0.2) is 12.8 Å². The minimum atomic E-state index is -4.20. The molecule has 0 aliphatic rings. The van der Waals surface area contributed by atoms with Crippen LogP contribution >= 0.6 is 11.8 Å². The van der Waals surface area contributed by atoms with Crippen LogP contribution in [0.4, 0.5) is 10.1 Å². The number of anilines is 1. The molecule has 8 nitrogen and oxygen atoms in total. The molecule has 232 valence electrons. The minimum absolute atomic E-state index is 0.00763. The van der Waals surface area contributed by atoms with Gasteiger partial charge >= 0.3 is 0 Å². The van der Waals surface area contributed by atoms with Gasteiger partial charge in [-0.05, 0) is 91.7 Å². The summed E-state index contributed by atoms with van der Waals surface area (Å²) in [5.74, 6) is -0.585. The smallest absolute Gasteiger partial charge is 0.264 e. The first-order valence-electron chi connectivity index (χ1n) is 14.2. The van der Waals surface area contributed by atoms with Gasteiger partial charge in [-0.1, -0.05) is 32.9 Å². The van der Waals surface area contributed by atoms with Gasteiger partial charge in [0.25, 0.3) is 10.0 Å². The van der Waals surface area contributed by atoms with E-state index >= 15 is 0 Å². The summed E-state index contributed by atoms with van der Waals surface area (Å²) in [4.78, 5) is 29.7. The third-order valence-electron chi connectivity index (χ3n) is 6.70. The predicted octanol–water partition coefficient (Wildman–Crippen LogP) is 5.72. The fraction of sp³-hybridized carbons (Fsp3) is 0.375. The Balaban J connectivity index is 2.05. The van der Waals surface area contributed by atoms with Crippen molar-refractivity contribution in [1.82, 2.24) is 10.2 Å². The van der Waals surface area contributed by atoms with Crippen LogP contribution in [0.2, 0.25) is 0 Å². The fourth-order valence-corrected chi connectivity index (χ4v) is 6.23. The number of amides is 2. The van der Waals surface area contributed by atoms with Gasteiger partial charge in [-0.2, -0.15) is 0 Å². The van der Waals surface area contributed by atoms with E-state index in [1.165, 1.54) is 40.9 Å². The van der Waals surface area contributed by atoms with Crippen LogP contribution in [0.3, 0.4) is 0 Å². The molecule has 3 aromatic rings. The molecule has 1 atom stereocenters. The average Bonchev–Trinajstić information content (AvgIpc) is 3.00. The van der Waals surface area contributed by atoms with E-state index in [4.69, 9.17) is 4.74 Å². The number of benzene rings is 3. The van der Waals surface area contributed by atoms with Gasteiger partial charge < -0.3 is 15.0 Å². The summed E-state index contributed by atoms with van der Waals surface area (Å²) in [5, 5.41) is 2.89. The van der Waals surface area contributed by atoms with Crippen molar-refractivity contribution in [1.29, 1.82) is 0 Å². The fourth-order valence-electron chi connectivity index (χ4n) is 4.41. The first-order chi connectivity index (χ1) is 20.5. The van der Waals surface area contributed by atoms with Crippen molar-refractivity contribution in [3.63, 3.8) is 0 Å². The average molecular weight is 630 g/mol. The van der Waals surface area contributed by atoms with Gasteiger partial charge in [0.15, 0.2) is 0 Å². The summed E-state index contributed by atoms with van der Waals surface area (Å²) in [6, 6.07) is 17.7. The zero-order chi connectivity index (χ0) is 31.6. The van der Waals surface area contributed by atoms with Crippen LogP contribution in [-0.2, 0) is 26.2 Å². The number of hydrogen-bond donors (Lipinski definition) is 1. The van der Waals surface area contributed by atoms with Crippen LogP contribution < -0.4 is 14.4 Å². The maximum atomic E-state index is 14.1. The molecule has 0 aliphatic carbocycles. The van der Waals surface area contributed by atoms with E-state index in [-0.39, 0.29) is 29.0 Å². The highest BCUT2D eigenvalue weighted by atomic mass is 32.2. The van der Waals surface area contributed by atoms with Crippen molar-refractivity contribution in [2.45, 2.75) is 56.5 Å². The molecule has 11 heteroatoms. The molecule has 0 unspecified atom stereocenters. The Hall–Kier alpha value is -3.57. The highest BCUT2D eigenvalue weighted by molar-refractivity contribution is 7.98. The Bertz CT molecular complexity index is 1450. The molecule has 1 N–H and O–H groups in total. The number of ether oxygens (including phenoxy) is 1. The van der Waals surface area contributed by atoms with Crippen molar-refractivity contribution in [2.75, 3.05) is 30.3 Å². The lowest BCUT2D eigenvalue weighted by Gasteiger charge is -2.33. The van der Waals surface area contributed by atoms with E-state index in [1.54, 1.807) is 55.5 Å². The second kappa shape index (κ2) is 15.8. The standard InChI is InChI=1S/C32H40FN3O5S2/c1-6-30(32(38)34-20-23(3)4)35(21-24-8-10-25(33)11-9-24)31(37)22-36(26-12-14-27(15-13-26)41-7-2)43(39,40)29-18-16-28(42-5)17-19-29/h8-19,23,30H,6-7,20-22H2,1-5H3,(H,34,38)/t30-/m1/s1. The second-order valence-corrected chi connectivity index (χ2v) is 13.1. The molecule has 0 saturated carbocycles. The quantitative estimate of drug-likeness (QED) is 0.216. The van der Waals surface area contributed by atoms with Crippen LogP contribution in [0.25, 0.3) is 0 Å². The number of thioether (sulfide) groups is 1. The Kier molecular flexibility index (Phi) is 12.4. The lowest BCUT2D eigenvalue weighted by molar-refractivity contribution is -0.140. The predicted molar refractivity (Wildman–Crippen MR) is 169 cm³/mol. The highest BCUT2D eigenvalue weighted by Crippen LogP contribution is 2.28. The Morgan fingerprint density at radius 3 is 2.12 bits per heavy atom. The van der Waals surface area contributed by atoms with Crippen LogP contribution in [-0.4, -0.2) is 57.1 Å². The van der Waals surface area contributed by atoms with Crippen LogP contribution in [0.5, 0.6) is 5.75 Å². The number of rotatable bonds is 15. The summed E-state index contributed by atoms with van der Waals surface area (Å²) < 4.78 is 48.3. The van der Waals surface area contributed by atoms with Gasteiger partial charge in [-0.3, -0.25) is 13.9 Å². The van der Waals surface area contributed by atoms with Crippen LogP contribution in [0, 0.1) is 11.7 Å². The molecule has 0 saturated heterocycles. The lowest BCUT2D eigenvalue weighted by Crippen LogP contribution is -2.52. The zero-order valence-corrected chi connectivity index (χ0v) is 26.9. The van der Waals surface area contributed by atoms with E-state index in [9.17, 15) is 22.4 Å². The summed E-state index contributed by atoms with van der Waals surface area (Å²) >= 11 is 1.48. The number of hydrogen-bond acceptors (Lipinski definition) is 6. The number of nitrogens with zero attached hydrogens (tertiary/aromatic N) is 2. The van der Waals surface area contributed by atoms with E-state index in [0.29, 0.717) is 30.9 Å². The van der Waals surface area contributed by atoms with Crippen molar-refractivity contribution in [2.24, 2.45) is 5.92 Å². The largest absolute Gasteiger partial charge is 0.494 e. The van der Waals surface area contributed by atoms with Crippen molar-refractivity contribution >= 4 is 39.3 Å². The van der Waals surface area contributed by atoms with Crippen molar-refractivity contribution in [3.8, 4) is 5.75 Å². The van der Waals surface area contributed by atoms with Gasteiger partial charge in [-0.15, -0.1) is 11.8 Å². The number of nitrogens with one attached hydrogen (secondary N) is 1. The Morgan fingerprint density at radius 1 is 0.953 bits per heavy atom. The maximum absolute atomic E-state index is 14.1. The molecule has 0 aliphatic heterocycles. The van der Waals surface area contributed by atoms with Gasteiger partial charge in [0, 0.05) is 18.0 Å². The van der Waals surface area contributed by atoms with Gasteiger partial charge in [0.2, 0.25) is 11.8 Å². The molecule has 0 radical (unpaired) electrons. The molecule has 0 heterocycles. The molecule has 0 fully saturated rings. The van der Waals surface area contributed by atoms with E-state index in [1.807, 2.05) is 27.0 Å². The number of halogens is 1. The number of sulfonamides is 1. The van der Waals surface area contributed by atoms with E-state index in [2.05, 4.69) is 5.32 Å². The molecule has 3 aromatic carbocycles. The monoisotopic (exact) mass is 629 g/mol. The zero-order valence-electron chi connectivity index (χ0n) is 25.2. The molecule has 2 amide bonds. The normalized spacial score (nSPS) is 12.1. The number of carbonyl (C=O) groups is 2. The summed E-state index contributed by atoms with van der Waals surface area (Å²) in [7, 11) is -4.20. The summed E-state index contributed by atoms with van der Waals surface area (Å²) in [6.45, 7) is 7.87. The van der Waals surface area contributed by atoms with Gasteiger partial charge in [0.05, 0.1) is 17.2 Å². The molecule has 43 heavy (non-hydrogen) atoms. The topological polar surface area (TPSA) is 96.0 Å². The van der Waals surface area contributed by atoms with Crippen molar-refractivity contribution < 1.29 is 27.1 Å². The third kappa shape index (κ3) is 9.21. The molecule has 3 rings (SSSR count). The van der Waals surface area contributed by atoms with E-state index in [0.717, 1.165) is 9.20 Å². The third-order valence-corrected chi connectivity index (χ3v) is 9.23.